The van der Waals surface area contributed by atoms with Crippen LogP contribution < -0.4 is 20.0 Å². The Kier molecular flexibility index (Phi) is 8.41. The van der Waals surface area contributed by atoms with E-state index in [0.29, 0.717) is 26.3 Å². The lowest BCUT2D eigenvalue weighted by molar-refractivity contribution is -0.122. The maximum atomic E-state index is 14.1. The normalized spacial score (nSPS) is 19.1. The minimum Gasteiger partial charge on any atom is -0.372 e. The second kappa shape index (κ2) is 12.3. The molecule has 0 spiro atoms. The molecule has 2 aliphatic heterocycles. The molecule has 3 amide bonds. The van der Waals surface area contributed by atoms with Crippen molar-refractivity contribution >= 4 is 69.5 Å². The zero-order chi connectivity index (χ0) is 31.1. The first-order valence-electron chi connectivity index (χ1n) is 14.4. The summed E-state index contributed by atoms with van der Waals surface area (Å²) in [5, 5.41) is 3.16. The van der Waals surface area contributed by atoms with Crippen molar-refractivity contribution in [2.45, 2.75) is 43.5 Å². The highest BCUT2D eigenvalue weighted by molar-refractivity contribution is 8.00. The molecular weight excluding hydrogens is 616 g/mol. The van der Waals surface area contributed by atoms with Gasteiger partial charge in [0, 0.05) is 40.3 Å². The summed E-state index contributed by atoms with van der Waals surface area (Å²) < 4.78 is 1.43. The molecule has 6 rings (SSSR count). The lowest BCUT2D eigenvalue weighted by Gasteiger charge is -2.31. The van der Waals surface area contributed by atoms with Gasteiger partial charge in [0.05, 0.1) is 16.6 Å². The number of carbonyl (C=O) groups is 3. The first-order valence-corrected chi connectivity index (χ1v) is 16.5. The molecule has 0 bridgehead atoms. The molecule has 1 saturated heterocycles. The molecule has 8 nitrogen and oxygen atoms in total. The van der Waals surface area contributed by atoms with E-state index in [1.54, 1.807) is 36.4 Å². The fraction of sp³-hybridized carbons (Fsp3) is 0.273. The summed E-state index contributed by atoms with van der Waals surface area (Å²) in [7, 11) is 0. The number of nitrogens with one attached hydrogen (secondary N) is 1. The topological polar surface area (TPSA) is 91.7 Å². The van der Waals surface area contributed by atoms with Gasteiger partial charge < -0.3 is 10.2 Å². The van der Waals surface area contributed by atoms with Crippen molar-refractivity contribution in [3.8, 4) is 0 Å². The molecule has 1 fully saturated rings. The fourth-order valence-corrected chi connectivity index (χ4v) is 8.82. The van der Waals surface area contributed by atoms with Crippen molar-refractivity contribution in [1.29, 1.82) is 0 Å². The zero-order valence-corrected chi connectivity index (χ0v) is 26.8. The molecule has 3 aromatic carbocycles. The Bertz CT molecular complexity index is 1780. The molecular formula is C33H31ClN4O4S2. The molecule has 226 valence electrons. The average Bonchev–Trinajstić information content (AvgIpc) is 3.46. The van der Waals surface area contributed by atoms with Gasteiger partial charge in [0.1, 0.15) is 11.8 Å². The molecule has 3 heterocycles. The number of hydrogen-bond acceptors (Lipinski definition) is 7. The number of imide groups is 1. The average molecular weight is 647 g/mol. The van der Waals surface area contributed by atoms with Crippen LogP contribution in [0.1, 0.15) is 35.8 Å². The van der Waals surface area contributed by atoms with E-state index >= 15 is 0 Å². The Morgan fingerprint density at radius 3 is 2.20 bits per heavy atom. The number of amides is 3. The SMILES string of the molecule is CCN(CC)c1ccc([C@H]2c3sc(=O)n(CC(=O)Nc4ccc(Cl)cc4)c3SC3C(=O)N(c4ccc(C)cc4)C(=O)C32)cc1. The Labute approximate surface area is 268 Å². The van der Waals surface area contributed by atoms with Crippen LogP contribution in [0, 0.1) is 12.8 Å². The molecule has 0 radical (unpaired) electrons. The molecule has 0 saturated carbocycles. The summed E-state index contributed by atoms with van der Waals surface area (Å²) in [5.41, 5.74) is 4.01. The number of carbonyl (C=O) groups excluding carboxylic acids is 3. The van der Waals surface area contributed by atoms with Gasteiger partial charge in [-0.3, -0.25) is 23.7 Å². The van der Waals surface area contributed by atoms with Crippen molar-refractivity contribution in [1.82, 2.24) is 4.57 Å². The highest BCUT2D eigenvalue weighted by Crippen LogP contribution is 2.54. The Hall–Kier alpha value is -3.86. The van der Waals surface area contributed by atoms with E-state index in [2.05, 4.69) is 24.1 Å². The van der Waals surface area contributed by atoms with Gasteiger partial charge in [0.2, 0.25) is 17.7 Å². The fourth-order valence-electron chi connectivity index (χ4n) is 5.92. The van der Waals surface area contributed by atoms with E-state index in [1.165, 1.54) is 21.2 Å². The Morgan fingerprint density at radius 1 is 0.909 bits per heavy atom. The quantitative estimate of drug-likeness (QED) is 0.231. The summed E-state index contributed by atoms with van der Waals surface area (Å²) >= 11 is 8.22. The third-order valence-corrected chi connectivity index (χ3v) is 11.0. The summed E-state index contributed by atoms with van der Waals surface area (Å²) in [6.45, 7) is 7.62. The molecule has 2 aliphatic rings. The number of thiazole rings is 1. The number of halogens is 1. The number of aromatic nitrogens is 1. The first-order chi connectivity index (χ1) is 21.2. The molecule has 2 unspecified atom stereocenters. The lowest BCUT2D eigenvalue weighted by atomic mass is 9.83. The molecule has 11 heteroatoms. The van der Waals surface area contributed by atoms with Crippen LogP contribution in [-0.2, 0) is 20.9 Å². The minimum absolute atomic E-state index is 0.227. The number of thioether (sulfide) groups is 1. The van der Waals surface area contributed by atoms with E-state index in [4.69, 9.17) is 11.6 Å². The van der Waals surface area contributed by atoms with Crippen molar-refractivity contribution in [3.05, 3.63) is 103 Å². The number of nitrogens with zero attached hydrogens (tertiary/aromatic N) is 3. The largest absolute Gasteiger partial charge is 0.372 e. The van der Waals surface area contributed by atoms with Gasteiger partial charge in [-0.25, -0.2) is 4.90 Å². The van der Waals surface area contributed by atoms with Crippen LogP contribution in [0.3, 0.4) is 0 Å². The summed E-state index contributed by atoms with van der Waals surface area (Å²) in [6.07, 6.45) is 0. The van der Waals surface area contributed by atoms with Crippen LogP contribution in [0.4, 0.5) is 17.1 Å². The Morgan fingerprint density at radius 2 is 1.57 bits per heavy atom. The molecule has 1 aromatic heterocycles. The van der Waals surface area contributed by atoms with Gasteiger partial charge in [-0.1, -0.05) is 64.5 Å². The highest BCUT2D eigenvalue weighted by atomic mass is 35.5. The highest BCUT2D eigenvalue weighted by Gasteiger charge is 2.56. The van der Waals surface area contributed by atoms with Crippen LogP contribution in [0.5, 0.6) is 0 Å². The molecule has 1 N–H and O–H groups in total. The third-order valence-electron chi connectivity index (χ3n) is 8.15. The van der Waals surface area contributed by atoms with Crippen molar-refractivity contribution in [2.75, 3.05) is 28.2 Å². The van der Waals surface area contributed by atoms with Crippen LogP contribution in [0.2, 0.25) is 5.02 Å². The van der Waals surface area contributed by atoms with Gasteiger partial charge in [-0.05, 0) is 74.9 Å². The van der Waals surface area contributed by atoms with Crippen LogP contribution in [0.25, 0.3) is 0 Å². The van der Waals surface area contributed by atoms with E-state index in [0.717, 1.165) is 41.2 Å². The minimum atomic E-state index is -0.747. The lowest BCUT2D eigenvalue weighted by Crippen LogP contribution is -2.33. The molecule has 0 aliphatic carbocycles. The maximum Gasteiger partial charge on any atom is 0.308 e. The summed E-state index contributed by atoms with van der Waals surface area (Å²) in [5.74, 6) is -2.21. The molecule has 44 heavy (non-hydrogen) atoms. The van der Waals surface area contributed by atoms with E-state index in [-0.39, 0.29) is 29.1 Å². The number of aryl methyl sites for hydroxylation is 1. The summed E-state index contributed by atoms with van der Waals surface area (Å²) in [6, 6.07) is 22.1. The van der Waals surface area contributed by atoms with Gasteiger partial charge in [-0.15, -0.1) is 0 Å². The van der Waals surface area contributed by atoms with Gasteiger partial charge in [-0.2, -0.15) is 0 Å². The van der Waals surface area contributed by atoms with Crippen molar-refractivity contribution < 1.29 is 14.4 Å². The second-order valence-electron chi connectivity index (χ2n) is 10.8. The maximum absolute atomic E-state index is 14.1. The van der Waals surface area contributed by atoms with Crippen LogP contribution in [-0.4, -0.2) is 40.6 Å². The number of fused-ring (bicyclic) bond motifs is 2. The molecule has 3 atom stereocenters. The standard InChI is InChI=1S/C33H31ClN4O4S2/c1-4-36(5-2)23-16-8-20(9-17-23)26-27-28(31(41)38(30(27)40)24-14-6-19(3)7-15-24)43-32-29(26)44-33(42)37(32)18-25(39)35-22-12-10-21(34)11-13-22/h6-17,26-28H,4-5,18H2,1-3H3,(H,35,39)/t26-,27?,28?/m1/s1. The van der Waals surface area contributed by atoms with E-state index < -0.39 is 17.1 Å². The van der Waals surface area contributed by atoms with Gasteiger partial charge in [0.15, 0.2) is 0 Å². The van der Waals surface area contributed by atoms with E-state index in [9.17, 15) is 19.2 Å². The van der Waals surface area contributed by atoms with Gasteiger partial charge >= 0.3 is 4.87 Å². The number of hydrogen-bond donors (Lipinski definition) is 1. The number of rotatable bonds is 8. The predicted molar refractivity (Wildman–Crippen MR) is 177 cm³/mol. The predicted octanol–water partition coefficient (Wildman–Crippen LogP) is 6.15. The second-order valence-corrected chi connectivity index (χ2v) is 13.4. The first kappa shape index (κ1) is 30.2. The summed E-state index contributed by atoms with van der Waals surface area (Å²) in [4.78, 5) is 58.5. The van der Waals surface area contributed by atoms with E-state index in [1.807, 2.05) is 43.3 Å². The number of benzene rings is 3. The molecule has 4 aromatic rings. The zero-order valence-electron chi connectivity index (χ0n) is 24.5. The Balaban J connectivity index is 1.41. The van der Waals surface area contributed by atoms with Crippen molar-refractivity contribution in [3.63, 3.8) is 0 Å². The van der Waals surface area contributed by atoms with Crippen LogP contribution >= 0.6 is 34.7 Å². The number of anilines is 3. The third kappa shape index (κ3) is 5.46. The van der Waals surface area contributed by atoms with Crippen LogP contribution in [0.15, 0.2) is 82.6 Å². The smallest absolute Gasteiger partial charge is 0.308 e. The monoisotopic (exact) mass is 646 g/mol. The van der Waals surface area contributed by atoms with Crippen molar-refractivity contribution in [2.24, 2.45) is 5.92 Å². The van der Waals surface area contributed by atoms with Gasteiger partial charge in [0.25, 0.3) is 0 Å².